The van der Waals surface area contributed by atoms with Crippen LogP contribution in [-0.2, 0) is 13.0 Å². The number of nitrogens with zero attached hydrogens (tertiary/aromatic N) is 1. The smallest absolute Gasteiger partial charge is 0.317 e. The van der Waals surface area contributed by atoms with E-state index in [4.69, 9.17) is 4.74 Å². The highest BCUT2D eigenvalue weighted by atomic mass is 32.1. The summed E-state index contributed by atoms with van der Waals surface area (Å²) in [5.74, 6) is 1.21. The van der Waals surface area contributed by atoms with Gasteiger partial charge in [0.1, 0.15) is 18.1 Å². The van der Waals surface area contributed by atoms with Crippen molar-refractivity contribution >= 4 is 17.4 Å². The lowest BCUT2D eigenvalue weighted by molar-refractivity contribution is 0.186. The molecule has 1 unspecified atom stereocenters. The summed E-state index contributed by atoms with van der Waals surface area (Å²) in [4.78, 5) is 15.5. The monoisotopic (exact) mass is 346 g/mol. The number of benzene rings is 1. The van der Waals surface area contributed by atoms with E-state index in [0.29, 0.717) is 37.9 Å². The molecule has 0 aliphatic carbocycles. The molecule has 128 valence electrons. The second-order valence-corrected chi connectivity index (χ2v) is 7.17. The van der Waals surface area contributed by atoms with Crippen LogP contribution in [0.5, 0.6) is 11.5 Å². The standard InChI is InChI=1S/C18H22N2O3S/c1-13(9-16-3-2-8-24-16)11-19-18(22)20-6-7-23-17-10-15(21)5-4-14(17)12-20/h2-5,8,10,13,21H,6-7,9,11-12H2,1H3,(H,19,22). The zero-order chi connectivity index (χ0) is 16.9. The van der Waals surface area contributed by atoms with Gasteiger partial charge in [0, 0.05) is 23.1 Å². The number of rotatable bonds is 4. The van der Waals surface area contributed by atoms with Crippen molar-refractivity contribution < 1.29 is 14.6 Å². The SMILES string of the molecule is CC(CNC(=O)N1CCOc2cc(O)ccc2C1)Cc1cccs1. The topological polar surface area (TPSA) is 61.8 Å². The van der Waals surface area contributed by atoms with Crippen LogP contribution in [-0.4, -0.2) is 35.7 Å². The van der Waals surface area contributed by atoms with Crippen molar-refractivity contribution in [1.82, 2.24) is 10.2 Å². The van der Waals surface area contributed by atoms with Gasteiger partial charge in [-0.05, 0) is 35.9 Å². The molecule has 0 spiro atoms. The average Bonchev–Trinajstić information content (AvgIpc) is 2.97. The van der Waals surface area contributed by atoms with E-state index in [1.165, 1.54) is 4.88 Å². The summed E-state index contributed by atoms with van der Waals surface area (Å²) in [6, 6.07) is 9.12. The first kappa shape index (κ1) is 16.6. The third-order valence-corrected chi connectivity index (χ3v) is 4.95. The Labute approximate surface area is 145 Å². The van der Waals surface area contributed by atoms with Gasteiger partial charge in [-0.2, -0.15) is 0 Å². The molecule has 0 radical (unpaired) electrons. The quantitative estimate of drug-likeness (QED) is 0.893. The van der Waals surface area contributed by atoms with Crippen molar-refractivity contribution in [1.29, 1.82) is 0 Å². The second kappa shape index (κ2) is 7.57. The lowest BCUT2D eigenvalue weighted by atomic mass is 10.1. The summed E-state index contributed by atoms with van der Waals surface area (Å²) >= 11 is 1.75. The van der Waals surface area contributed by atoms with Crippen molar-refractivity contribution in [3.8, 4) is 11.5 Å². The van der Waals surface area contributed by atoms with Crippen molar-refractivity contribution in [2.75, 3.05) is 19.7 Å². The van der Waals surface area contributed by atoms with E-state index in [-0.39, 0.29) is 11.8 Å². The number of phenolic OH excluding ortho intramolecular Hbond substituents is 1. The van der Waals surface area contributed by atoms with Crippen molar-refractivity contribution in [2.45, 2.75) is 19.9 Å². The number of urea groups is 1. The Kier molecular flexibility index (Phi) is 5.25. The van der Waals surface area contributed by atoms with Crippen molar-refractivity contribution in [2.24, 2.45) is 5.92 Å². The highest BCUT2D eigenvalue weighted by molar-refractivity contribution is 7.09. The molecular formula is C18H22N2O3S. The lowest BCUT2D eigenvalue weighted by Gasteiger charge is -2.21. The maximum absolute atomic E-state index is 12.4. The van der Waals surface area contributed by atoms with Gasteiger partial charge in [-0.25, -0.2) is 4.79 Å². The zero-order valence-corrected chi connectivity index (χ0v) is 14.5. The van der Waals surface area contributed by atoms with Gasteiger partial charge in [-0.3, -0.25) is 0 Å². The first-order valence-electron chi connectivity index (χ1n) is 8.11. The van der Waals surface area contributed by atoms with Gasteiger partial charge >= 0.3 is 6.03 Å². The highest BCUT2D eigenvalue weighted by Gasteiger charge is 2.20. The molecule has 0 saturated heterocycles. The van der Waals surface area contributed by atoms with Crippen molar-refractivity contribution in [3.63, 3.8) is 0 Å². The molecule has 2 aromatic rings. The van der Waals surface area contributed by atoms with Crippen LogP contribution in [0.15, 0.2) is 35.7 Å². The predicted octanol–water partition coefficient (Wildman–Crippen LogP) is 3.24. The molecule has 1 aliphatic rings. The minimum atomic E-state index is -0.0717. The van der Waals surface area contributed by atoms with E-state index in [2.05, 4.69) is 29.8 Å². The van der Waals surface area contributed by atoms with E-state index in [1.807, 2.05) is 0 Å². The fourth-order valence-corrected chi connectivity index (χ4v) is 3.62. The molecule has 2 heterocycles. The van der Waals surface area contributed by atoms with Gasteiger partial charge in [-0.15, -0.1) is 11.3 Å². The first-order chi connectivity index (χ1) is 11.6. The van der Waals surface area contributed by atoms with Gasteiger partial charge in [0.25, 0.3) is 0 Å². The van der Waals surface area contributed by atoms with E-state index in [9.17, 15) is 9.90 Å². The first-order valence-corrected chi connectivity index (χ1v) is 8.99. The number of ether oxygens (including phenoxy) is 1. The number of hydrogen-bond acceptors (Lipinski definition) is 4. The molecule has 2 N–H and O–H groups in total. The Bertz CT molecular complexity index is 688. The number of phenols is 1. The number of hydrogen-bond donors (Lipinski definition) is 2. The number of amides is 2. The Morgan fingerprint density at radius 2 is 2.33 bits per heavy atom. The Balaban J connectivity index is 1.54. The van der Waals surface area contributed by atoms with Gasteiger partial charge in [-0.1, -0.05) is 13.0 Å². The summed E-state index contributed by atoms with van der Waals surface area (Å²) in [6.07, 6.45) is 0.975. The van der Waals surface area contributed by atoms with Crippen LogP contribution in [0.4, 0.5) is 4.79 Å². The molecular weight excluding hydrogens is 324 g/mol. The average molecular weight is 346 g/mol. The number of carbonyl (C=O) groups excluding carboxylic acids is 1. The summed E-state index contributed by atoms with van der Waals surface area (Å²) < 4.78 is 5.63. The fraction of sp³-hybridized carbons (Fsp3) is 0.389. The van der Waals surface area contributed by atoms with E-state index >= 15 is 0 Å². The van der Waals surface area contributed by atoms with Gasteiger partial charge in [0.05, 0.1) is 13.1 Å². The summed E-state index contributed by atoms with van der Waals surface area (Å²) in [7, 11) is 0. The zero-order valence-electron chi connectivity index (χ0n) is 13.7. The number of fused-ring (bicyclic) bond motifs is 1. The molecule has 3 rings (SSSR count). The molecule has 2 amide bonds. The molecule has 0 bridgehead atoms. The number of carbonyl (C=O) groups is 1. The molecule has 24 heavy (non-hydrogen) atoms. The van der Waals surface area contributed by atoms with Crippen molar-refractivity contribution in [3.05, 3.63) is 46.2 Å². The molecule has 1 aliphatic heterocycles. The maximum atomic E-state index is 12.4. The second-order valence-electron chi connectivity index (χ2n) is 6.14. The highest BCUT2D eigenvalue weighted by Crippen LogP contribution is 2.27. The van der Waals surface area contributed by atoms with Crippen LogP contribution in [0.3, 0.4) is 0 Å². The van der Waals surface area contributed by atoms with E-state index < -0.39 is 0 Å². The third kappa shape index (κ3) is 4.20. The minimum absolute atomic E-state index is 0.0717. The third-order valence-electron chi connectivity index (χ3n) is 4.05. The van der Waals surface area contributed by atoms with Gasteiger partial charge in [0.15, 0.2) is 0 Å². The summed E-state index contributed by atoms with van der Waals surface area (Å²) in [5, 5.41) is 14.6. The van der Waals surface area contributed by atoms with Crippen LogP contribution in [0, 0.1) is 5.92 Å². The van der Waals surface area contributed by atoms with E-state index in [1.54, 1.807) is 34.4 Å². The molecule has 1 atom stereocenters. The molecule has 1 aromatic carbocycles. The van der Waals surface area contributed by atoms with Gasteiger partial charge in [0.2, 0.25) is 0 Å². The van der Waals surface area contributed by atoms with E-state index in [0.717, 1.165) is 12.0 Å². The molecule has 0 saturated carbocycles. The lowest BCUT2D eigenvalue weighted by Crippen LogP contribution is -2.42. The van der Waals surface area contributed by atoms with Crippen LogP contribution in [0.1, 0.15) is 17.4 Å². The normalized spacial score (nSPS) is 15.1. The van der Waals surface area contributed by atoms with Crippen LogP contribution >= 0.6 is 11.3 Å². The number of nitrogens with one attached hydrogen (secondary N) is 1. The Morgan fingerprint density at radius 3 is 3.12 bits per heavy atom. The molecule has 1 aromatic heterocycles. The summed E-state index contributed by atoms with van der Waals surface area (Å²) in [6.45, 7) is 4.23. The van der Waals surface area contributed by atoms with Crippen LogP contribution < -0.4 is 10.1 Å². The fourth-order valence-electron chi connectivity index (χ4n) is 2.75. The van der Waals surface area contributed by atoms with Crippen LogP contribution in [0.25, 0.3) is 0 Å². The van der Waals surface area contributed by atoms with Crippen LogP contribution in [0.2, 0.25) is 0 Å². The Hall–Kier alpha value is -2.21. The molecule has 5 nitrogen and oxygen atoms in total. The molecule has 0 fully saturated rings. The number of thiophene rings is 1. The largest absolute Gasteiger partial charge is 0.508 e. The minimum Gasteiger partial charge on any atom is -0.508 e. The maximum Gasteiger partial charge on any atom is 0.317 e. The number of aromatic hydroxyl groups is 1. The molecule has 6 heteroatoms. The summed E-state index contributed by atoms with van der Waals surface area (Å²) in [5.41, 5.74) is 0.909. The van der Waals surface area contributed by atoms with Gasteiger partial charge < -0.3 is 20.1 Å². The predicted molar refractivity (Wildman–Crippen MR) is 94.6 cm³/mol. The Morgan fingerprint density at radius 1 is 1.46 bits per heavy atom.